The Balaban J connectivity index is 1.49. The summed E-state index contributed by atoms with van der Waals surface area (Å²) in [4.78, 5) is 26.1. The van der Waals surface area contributed by atoms with Gasteiger partial charge in [-0.2, -0.15) is 5.01 Å². The average Bonchev–Trinajstić information content (AvgIpc) is 3.12. The summed E-state index contributed by atoms with van der Waals surface area (Å²) in [6.07, 6.45) is 1.72. The number of benzene rings is 3. The zero-order valence-corrected chi connectivity index (χ0v) is 22.8. The quantitative estimate of drug-likeness (QED) is 0.249. The molecule has 36 heavy (non-hydrogen) atoms. The molecule has 1 aliphatic heterocycles. The first-order valence-electron chi connectivity index (χ1n) is 11.1. The van der Waals surface area contributed by atoms with Crippen molar-refractivity contribution >= 4 is 62.1 Å². The summed E-state index contributed by atoms with van der Waals surface area (Å²) in [6, 6.07) is 20.5. The summed E-state index contributed by atoms with van der Waals surface area (Å²) < 4.78 is 13.0. The molecule has 1 heterocycles. The van der Waals surface area contributed by atoms with Crippen LogP contribution in [0.2, 0.25) is 0 Å². The molecule has 2 amide bonds. The van der Waals surface area contributed by atoms with E-state index in [0.29, 0.717) is 35.2 Å². The van der Waals surface area contributed by atoms with Crippen molar-refractivity contribution in [3.05, 3.63) is 98.4 Å². The van der Waals surface area contributed by atoms with Crippen molar-refractivity contribution in [2.24, 2.45) is 0 Å². The van der Waals surface area contributed by atoms with Gasteiger partial charge in [0.15, 0.2) is 15.8 Å². The predicted molar refractivity (Wildman–Crippen MR) is 150 cm³/mol. The van der Waals surface area contributed by atoms with Gasteiger partial charge in [-0.15, -0.1) is 0 Å². The van der Waals surface area contributed by atoms with Crippen LogP contribution in [-0.4, -0.2) is 27.8 Å². The molecule has 1 aliphatic rings. The molecule has 184 valence electrons. The van der Waals surface area contributed by atoms with Crippen LogP contribution in [0.5, 0.6) is 11.5 Å². The molecule has 1 N–H and O–H groups in total. The highest BCUT2D eigenvalue weighted by molar-refractivity contribution is 9.10. The van der Waals surface area contributed by atoms with Gasteiger partial charge in [-0.3, -0.25) is 15.0 Å². The van der Waals surface area contributed by atoms with Crippen molar-refractivity contribution in [2.45, 2.75) is 20.5 Å². The van der Waals surface area contributed by atoms with Gasteiger partial charge in [0.05, 0.1) is 11.5 Å². The predicted octanol–water partition coefficient (Wildman–Crippen LogP) is 6.28. The lowest BCUT2D eigenvalue weighted by Gasteiger charge is -2.16. The molecule has 4 rings (SSSR count). The lowest BCUT2D eigenvalue weighted by Crippen LogP contribution is -2.45. The topological polar surface area (TPSA) is 67.9 Å². The first kappa shape index (κ1) is 25.9. The minimum absolute atomic E-state index is 0.257. The third-order valence-electron chi connectivity index (χ3n) is 5.27. The second kappa shape index (κ2) is 11.7. The normalized spacial score (nSPS) is 14.3. The molecule has 3 aromatic rings. The van der Waals surface area contributed by atoms with Crippen molar-refractivity contribution < 1.29 is 19.1 Å². The third kappa shape index (κ3) is 6.16. The number of aryl methyl sites for hydroxylation is 1. The SMILES string of the molecule is CCOc1cc(/C=C2/SC(=S)N(NC(=O)c3ccccc3C)C2=O)ccc1OCc1ccc(Br)cc1. The maximum atomic E-state index is 13.0. The molecule has 0 unspecified atom stereocenters. The van der Waals surface area contributed by atoms with Gasteiger partial charge in [-0.05, 0) is 79.2 Å². The number of nitrogens with one attached hydrogen (secondary N) is 1. The Labute approximate surface area is 227 Å². The molecule has 1 fully saturated rings. The summed E-state index contributed by atoms with van der Waals surface area (Å²) in [6.45, 7) is 4.59. The maximum absolute atomic E-state index is 13.0. The molecule has 0 radical (unpaired) electrons. The Morgan fingerprint density at radius 1 is 1.08 bits per heavy atom. The van der Waals surface area contributed by atoms with E-state index in [4.69, 9.17) is 21.7 Å². The smallest absolute Gasteiger partial charge is 0.285 e. The first-order valence-corrected chi connectivity index (χ1v) is 13.2. The van der Waals surface area contributed by atoms with Crippen molar-refractivity contribution in [3.63, 3.8) is 0 Å². The van der Waals surface area contributed by atoms with Crippen LogP contribution >= 0.6 is 39.9 Å². The van der Waals surface area contributed by atoms with E-state index in [9.17, 15) is 9.59 Å². The number of ether oxygens (including phenoxy) is 2. The average molecular weight is 584 g/mol. The van der Waals surface area contributed by atoms with Crippen molar-refractivity contribution in [1.82, 2.24) is 10.4 Å². The molecule has 0 bridgehead atoms. The van der Waals surface area contributed by atoms with Crippen LogP contribution < -0.4 is 14.9 Å². The lowest BCUT2D eigenvalue weighted by molar-refractivity contribution is -0.123. The number of hydrogen-bond acceptors (Lipinski definition) is 6. The number of thiocarbonyl (C=S) groups is 1. The highest BCUT2D eigenvalue weighted by Crippen LogP contribution is 2.34. The monoisotopic (exact) mass is 582 g/mol. The molecular formula is C27H23BrN2O4S2. The fraction of sp³-hybridized carbons (Fsp3) is 0.148. The lowest BCUT2D eigenvalue weighted by atomic mass is 10.1. The largest absolute Gasteiger partial charge is 0.490 e. The Kier molecular flexibility index (Phi) is 8.45. The minimum atomic E-state index is -0.392. The van der Waals surface area contributed by atoms with Crippen molar-refractivity contribution in [1.29, 1.82) is 0 Å². The van der Waals surface area contributed by atoms with Crippen molar-refractivity contribution in [2.75, 3.05) is 6.61 Å². The summed E-state index contributed by atoms with van der Waals surface area (Å²) in [7, 11) is 0. The van der Waals surface area contributed by atoms with E-state index >= 15 is 0 Å². The van der Waals surface area contributed by atoms with E-state index < -0.39 is 5.91 Å². The number of hydrazine groups is 1. The van der Waals surface area contributed by atoms with Crippen LogP contribution in [-0.2, 0) is 11.4 Å². The van der Waals surface area contributed by atoms with E-state index in [0.717, 1.165) is 37.9 Å². The molecule has 0 saturated carbocycles. The Morgan fingerprint density at radius 2 is 1.83 bits per heavy atom. The molecular weight excluding hydrogens is 560 g/mol. The number of halogens is 1. The summed E-state index contributed by atoms with van der Waals surface area (Å²) in [5, 5.41) is 1.11. The number of thioether (sulfide) groups is 1. The van der Waals surface area contributed by atoms with E-state index in [-0.39, 0.29) is 10.2 Å². The first-order chi connectivity index (χ1) is 17.4. The molecule has 3 aromatic carbocycles. The fourth-order valence-corrected chi connectivity index (χ4v) is 4.89. The van der Waals surface area contributed by atoms with Gasteiger partial charge in [0.2, 0.25) is 0 Å². The second-order valence-corrected chi connectivity index (χ2v) is 10.4. The molecule has 6 nitrogen and oxygen atoms in total. The van der Waals surface area contributed by atoms with Gasteiger partial charge in [0.25, 0.3) is 11.8 Å². The molecule has 9 heteroatoms. The van der Waals surface area contributed by atoms with Crippen LogP contribution in [0.15, 0.2) is 76.1 Å². The van der Waals surface area contributed by atoms with E-state index in [1.807, 2.05) is 68.4 Å². The Hall–Kier alpha value is -3.14. The Bertz CT molecular complexity index is 1340. The van der Waals surface area contributed by atoms with Gasteiger partial charge in [0.1, 0.15) is 6.61 Å². The summed E-state index contributed by atoms with van der Waals surface area (Å²) >= 11 is 9.91. The zero-order valence-electron chi connectivity index (χ0n) is 19.6. The van der Waals surface area contributed by atoms with Crippen LogP contribution in [0.1, 0.15) is 34.0 Å². The number of carbonyl (C=O) groups is 2. The van der Waals surface area contributed by atoms with Crippen molar-refractivity contribution in [3.8, 4) is 11.5 Å². The summed E-state index contributed by atoms with van der Waals surface area (Å²) in [5.41, 5.74) is 5.69. The van der Waals surface area contributed by atoms with Gasteiger partial charge < -0.3 is 9.47 Å². The Morgan fingerprint density at radius 3 is 2.56 bits per heavy atom. The minimum Gasteiger partial charge on any atom is -0.490 e. The second-order valence-electron chi connectivity index (χ2n) is 7.83. The fourth-order valence-electron chi connectivity index (χ4n) is 3.45. The van der Waals surface area contributed by atoms with Crippen LogP contribution in [0, 0.1) is 6.92 Å². The van der Waals surface area contributed by atoms with Crippen LogP contribution in [0.4, 0.5) is 0 Å². The maximum Gasteiger partial charge on any atom is 0.285 e. The van der Waals surface area contributed by atoms with E-state index in [1.165, 1.54) is 0 Å². The molecule has 0 spiro atoms. The number of carbonyl (C=O) groups excluding carboxylic acids is 2. The van der Waals surface area contributed by atoms with Gasteiger partial charge in [-0.25, -0.2) is 0 Å². The molecule has 1 saturated heterocycles. The van der Waals surface area contributed by atoms with Gasteiger partial charge in [-0.1, -0.05) is 64.1 Å². The summed E-state index contributed by atoms with van der Waals surface area (Å²) in [5.74, 6) is 0.402. The highest BCUT2D eigenvalue weighted by atomic mass is 79.9. The third-order valence-corrected chi connectivity index (χ3v) is 7.10. The van der Waals surface area contributed by atoms with Gasteiger partial charge >= 0.3 is 0 Å². The van der Waals surface area contributed by atoms with Crippen LogP contribution in [0.25, 0.3) is 6.08 Å². The van der Waals surface area contributed by atoms with E-state index in [1.54, 1.807) is 18.2 Å². The number of hydrogen-bond donors (Lipinski definition) is 1. The highest BCUT2D eigenvalue weighted by Gasteiger charge is 2.34. The number of nitrogens with zero attached hydrogens (tertiary/aromatic N) is 1. The standard InChI is InChI=1S/C27H23BrN2O4S2/c1-3-33-23-14-19(10-13-22(23)34-16-18-8-11-20(28)12-9-18)15-24-26(32)30(27(35)36-24)29-25(31)21-7-5-4-6-17(21)2/h4-15H,3,16H2,1-2H3,(H,29,31)/b24-15+. The number of amides is 2. The molecule has 0 aliphatic carbocycles. The number of rotatable bonds is 8. The molecule has 0 aromatic heterocycles. The van der Waals surface area contributed by atoms with Crippen LogP contribution in [0.3, 0.4) is 0 Å². The molecule has 0 atom stereocenters. The zero-order chi connectivity index (χ0) is 25.7. The van der Waals surface area contributed by atoms with E-state index in [2.05, 4.69) is 21.4 Å². The van der Waals surface area contributed by atoms with Gasteiger partial charge in [0, 0.05) is 10.0 Å².